The van der Waals surface area contributed by atoms with Crippen LogP contribution in [-0.2, 0) is 4.79 Å². The molecule has 0 fully saturated rings. The van der Waals surface area contributed by atoms with E-state index in [9.17, 15) is 4.79 Å². The fourth-order valence-electron chi connectivity index (χ4n) is 0.801. The summed E-state index contributed by atoms with van der Waals surface area (Å²) >= 11 is 0. The van der Waals surface area contributed by atoms with Gasteiger partial charge in [-0.25, -0.2) is 0 Å². The van der Waals surface area contributed by atoms with Crippen LogP contribution in [0, 0.1) is 0 Å². The minimum atomic E-state index is 0.249. The van der Waals surface area contributed by atoms with Gasteiger partial charge in [-0.15, -0.1) is 0 Å². The van der Waals surface area contributed by atoms with Crippen molar-refractivity contribution < 1.29 is 4.79 Å². The zero-order chi connectivity index (χ0) is 6.53. The molecule has 48 valence electrons. The molecular formula is C8H10O. The second kappa shape index (κ2) is 3.23. The van der Waals surface area contributed by atoms with Crippen molar-refractivity contribution in [1.82, 2.24) is 0 Å². The molecule has 0 aromatic heterocycles. The van der Waals surface area contributed by atoms with E-state index in [1.54, 1.807) is 6.08 Å². The zero-order valence-electron chi connectivity index (χ0n) is 5.34. The Labute approximate surface area is 55.1 Å². The molecule has 0 bridgehead atoms. The van der Waals surface area contributed by atoms with Crippen molar-refractivity contribution >= 4 is 5.78 Å². The summed E-state index contributed by atoms with van der Waals surface area (Å²) in [4.78, 5) is 10.7. The smallest absolute Gasteiger partial charge is 0.155 e. The Hall–Kier alpha value is -0.850. The van der Waals surface area contributed by atoms with Crippen molar-refractivity contribution in [3.8, 4) is 0 Å². The summed E-state index contributed by atoms with van der Waals surface area (Å²) in [5.74, 6) is 0.249. The Balaban J connectivity index is 2.50. The van der Waals surface area contributed by atoms with Crippen LogP contribution in [-0.4, -0.2) is 5.78 Å². The van der Waals surface area contributed by atoms with Crippen LogP contribution in [0.3, 0.4) is 0 Å². The molecule has 0 unspecified atom stereocenters. The van der Waals surface area contributed by atoms with Gasteiger partial charge in [-0.2, -0.15) is 0 Å². The molecule has 0 saturated carbocycles. The molecule has 1 aliphatic rings. The van der Waals surface area contributed by atoms with E-state index < -0.39 is 0 Å². The Bertz CT molecular complexity index is 154. The molecule has 0 N–H and O–H groups in total. The number of hydrogen-bond acceptors (Lipinski definition) is 1. The summed E-state index contributed by atoms with van der Waals surface area (Å²) < 4.78 is 0. The van der Waals surface area contributed by atoms with Crippen LogP contribution in [0.2, 0.25) is 0 Å². The summed E-state index contributed by atoms with van der Waals surface area (Å²) in [6.07, 6.45) is 10.2. The molecule has 1 nitrogen and oxygen atoms in total. The highest BCUT2D eigenvalue weighted by Gasteiger charge is 1.94. The van der Waals surface area contributed by atoms with Crippen molar-refractivity contribution in [2.75, 3.05) is 0 Å². The highest BCUT2D eigenvalue weighted by Crippen LogP contribution is 2.00. The predicted octanol–water partition coefficient (Wildman–Crippen LogP) is 1.85. The number of allylic oxidation sites excluding steroid dienone is 4. The average Bonchev–Trinajstić information content (AvgIpc) is 1.79. The molecule has 0 aromatic rings. The highest BCUT2D eigenvalue weighted by atomic mass is 16.1. The summed E-state index contributed by atoms with van der Waals surface area (Å²) in [5, 5.41) is 0. The molecule has 1 aliphatic carbocycles. The van der Waals surface area contributed by atoms with E-state index >= 15 is 0 Å². The SMILES string of the molecule is O=C1/C=C\C/C=C\CC1. The van der Waals surface area contributed by atoms with Gasteiger partial charge < -0.3 is 0 Å². The van der Waals surface area contributed by atoms with E-state index in [1.165, 1.54) is 0 Å². The molecule has 0 heterocycles. The Morgan fingerprint density at radius 2 is 2.11 bits per heavy atom. The molecule has 9 heavy (non-hydrogen) atoms. The first kappa shape index (κ1) is 6.27. The van der Waals surface area contributed by atoms with Crippen LogP contribution < -0.4 is 0 Å². The fourth-order valence-corrected chi connectivity index (χ4v) is 0.801. The van der Waals surface area contributed by atoms with E-state index in [1.807, 2.05) is 6.08 Å². The third kappa shape index (κ3) is 2.27. The molecule has 0 radical (unpaired) electrons. The normalized spacial score (nSPS) is 26.4. The number of carbonyl (C=O) groups excluding carboxylic acids is 1. The van der Waals surface area contributed by atoms with Gasteiger partial charge in [0.1, 0.15) is 0 Å². The molecule has 0 aliphatic heterocycles. The minimum Gasteiger partial charge on any atom is -0.295 e. The Kier molecular flexibility index (Phi) is 2.25. The summed E-state index contributed by atoms with van der Waals surface area (Å²) in [6.45, 7) is 0. The second-order valence-electron chi connectivity index (χ2n) is 2.11. The molecule has 0 saturated heterocycles. The monoisotopic (exact) mass is 122 g/mol. The largest absolute Gasteiger partial charge is 0.295 e. The van der Waals surface area contributed by atoms with Gasteiger partial charge in [0.15, 0.2) is 5.78 Å². The van der Waals surface area contributed by atoms with Crippen molar-refractivity contribution in [2.45, 2.75) is 19.3 Å². The van der Waals surface area contributed by atoms with Gasteiger partial charge in [0.25, 0.3) is 0 Å². The van der Waals surface area contributed by atoms with Crippen LogP contribution in [0.25, 0.3) is 0 Å². The van der Waals surface area contributed by atoms with Crippen LogP contribution in [0.15, 0.2) is 24.3 Å². The average molecular weight is 122 g/mol. The van der Waals surface area contributed by atoms with E-state index in [0.717, 1.165) is 12.8 Å². The molecule has 0 atom stereocenters. The van der Waals surface area contributed by atoms with Gasteiger partial charge in [-0.05, 0) is 18.9 Å². The van der Waals surface area contributed by atoms with Gasteiger partial charge in [0, 0.05) is 6.42 Å². The zero-order valence-corrected chi connectivity index (χ0v) is 5.34. The molecule has 0 aromatic carbocycles. The number of ketones is 1. The maximum atomic E-state index is 10.7. The molecule has 0 amide bonds. The summed E-state index contributed by atoms with van der Waals surface area (Å²) in [5.41, 5.74) is 0. The quantitative estimate of drug-likeness (QED) is 0.448. The first-order valence-electron chi connectivity index (χ1n) is 3.24. The van der Waals surface area contributed by atoms with Gasteiger partial charge in [0.05, 0.1) is 0 Å². The third-order valence-corrected chi connectivity index (χ3v) is 1.30. The standard InChI is InChI=1S/C8H10O/c9-8-6-4-2-1-3-5-7-8/h1-2,5,7H,3-4,6H2/b2-1-,7-5-. The van der Waals surface area contributed by atoms with E-state index in [-0.39, 0.29) is 5.78 Å². The maximum absolute atomic E-state index is 10.7. The highest BCUT2D eigenvalue weighted by molar-refractivity contribution is 5.89. The second-order valence-corrected chi connectivity index (χ2v) is 2.11. The summed E-state index contributed by atoms with van der Waals surface area (Å²) in [7, 11) is 0. The topological polar surface area (TPSA) is 17.1 Å². The fraction of sp³-hybridized carbons (Fsp3) is 0.375. The van der Waals surface area contributed by atoms with Crippen molar-refractivity contribution in [2.24, 2.45) is 0 Å². The lowest BCUT2D eigenvalue weighted by molar-refractivity contribution is -0.114. The number of carbonyl (C=O) groups is 1. The van der Waals surface area contributed by atoms with Crippen LogP contribution in [0.1, 0.15) is 19.3 Å². The lowest BCUT2D eigenvalue weighted by Crippen LogP contribution is -1.91. The van der Waals surface area contributed by atoms with E-state index in [2.05, 4.69) is 12.2 Å². The lowest BCUT2D eigenvalue weighted by atomic mass is 10.1. The van der Waals surface area contributed by atoms with E-state index in [0.29, 0.717) is 6.42 Å². The summed E-state index contributed by atoms with van der Waals surface area (Å²) in [6, 6.07) is 0. The van der Waals surface area contributed by atoms with Crippen LogP contribution in [0.5, 0.6) is 0 Å². The van der Waals surface area contributed by atoms with Gasteiger partial charge in [0.2, 0.25) is 0 Å². The van der Waals surface area contributed by atoms with Crippen molar-refractivity contribution in [3.05, 3.63) is 24.3 Å². The van der Waals surface area contributed by atoms with E-state index in [4.69, 9.17) is 0 Å². The van der Waals surface area contributed by atoms with Gasteiger partial charge in [-0.1, -0.05) is 18.2 Å². The third-order valence-electron chi connectivity index (χ3n) is 1.30. The molecule has 1 rings (SSSR count). The number of rotatable bonds is 0. The van der Waals surface area contributed by atoms with Crippen molar-refractivity contribution in [1.29, 1.82) is 0 Å². The van der Waals surface area contributed by atoms with Crippen LogP contribution in [0.4, 0.5) is 0 Å². The predicted molar refractivity (Wildman–Crippen MR) is 37.1 cm³/mol. The van der Waals surface area contributed by atoms with Gasteiger partial charge >= 0.3 is 0 Å². The molecule has 0 spiro atoms. The Morgan fingerprint density at radius 1 is 1.22 bits per heavy atom. The molecular weight excluding hydrogens is 112 g/mol. The van der Waals surface area contributed by atoms with Crippen molar-refractivity contribution in [3.63, 3.8) is 0 Å². The Morgan fingerprint density at radius 3 is 3.00 bits per heavy atom. The molecule has 1 heteroatoms. The number of hydrogen-bond donors (Lipinski definition) is 0. The first-order chi connectivity index (χ1) is 4.39. The minimum absolute atomic E-state index is 0.249. The maximum Gasteiger partial charge on any atom is 0.155 e. The van der Waals surface area contributed by atoms with Crippen LogP contribution >= 0.6 is 0 Å². The lowest BCUT2D eigenvalue weighted by Gasteiger charge is -1.93. The first-order valence-corrected chi connectivity index (χ1v) is 3.24. The van der Waals surface area contributed by atoms with Gasteiger partial charge in [-0.3, -0.25) is 4.79 Å².